The summed E-state index contributed by atoms with van der Waals surface area (Å²) >= 11 is 0. The Morgan fingerprint density at radius 1 is 0.870 bits per heavy atom. The fourth-order valence-electron chi connectivity index (χ4n) is 2.63. The van der Waals surface area contributed by atoms with Crippen molar-refractivity contribution in [3.63, 3.8) is 0 Å². The lowest BCUT2D eigenvalue weighted by Crippen LogP contribution is -2.60. The van der Waals surface area contributed by atoms with Gasteiger partial charge in [-0.2, -0.15) is 0 Å². The van der Waals surface area contributed by atoms with Crippen molar-refractivity contribution in [2.24, 2.45) is 0 Å². The Morgan fingerprint density at radius 2 is 1.48 bits per heavy atom. The second-order valence-corrected chi connectivity index (χ2v) is 5.58. The van der Waals surface area contributed by atoms with E-state index in [0.29, 0.717) is 0 Å². The van der Waals surface area contributed by atoms with Crippen molar-refractivity contribution in [1.29, 1.82) is 0 Å². The fourth-order valence-corrected chi connectivity index (χ4v) is 2.63. The fraction of sp³-hybridized carbons (Fsp3) is 1.00. The number of hydrogen-bond acceptors (Lipinski definition) is 11. The summed E-state index contributed by atoms with van der Waals surface area (Å²) in [5.74, 6) is -2.37. The van der Waals surface area contributed by atoms with Crippen molar-refractivity contribution >= 4 is 0 Å². The molecular weight excluding hydrogens is 320 g/mol. The molecule has 2 saturated heterocycles. The van der Waals surface area contributed by atoms with Gasteiger partial charge in [0.2, 0.25) is 5.79 Å². The Labute approximate surface area is 130 Å². The van der Waals surface area contributed by atoms with Crippen LogP contribution in [0, 0.1) is 0 Å². The number of aliphatic hydroxyl groups excluding tert-OH is 7. The van der Waals surface area contributed by atoms with Gasteiger partial charge in [-0.05, 0) is 0 Å². The van der Waals surface area contributed by atoms with Gasteiger partial charge in [-0.3, -0.25) is 0 Å². The molecule has 23 heavy (non-hydrogen) atoms. The molecule has 0 aromatic carbocycles. The van der Waals surface area contributed by atoms with Gasteiger partial charge in [0, 0.05) is 0 Å². The maximum Gasteiger partial charge on any atom is 0.219 e. The van der Waals surface area contributed by atoms with E-state index in [9.17, 15) is 30.6 Å². The minimum Gasteiger partial charge on any atom is -0.394 e. The van der Waals surface area contributed by atoms with Gasteiger partial charge in [-0.15, -0.1) is 0 Å². The van der Waals surface area contributed by atoms with Crippen LogP contribution in [-0.4, -0.2) is 115 Å². The van der Waals surface area contributed by atoms with Crippen molar-refractivity contribution < 1.29 is 55.1 Å². The summed E-state index contributed by atoms with van der Waals surface area (Å²) in [4.78, 5) is 0. The van der Waals surface area contributed by atoms with Crippen LogP contribution in [0.1, 0.15) is 0 Å². The molecule has 0 spiro atoms. The smallest absolute Gasteiger partial charge is 0.219 e. The van der Waals surface area contributed by atoms with E-state index in [1.807, 2.05) is 0 Å². The Balaban J connectivity index is 2.13. The van der Waals surface area contributed by atoms with Crippen molar-refractivity contribution in [3.8, 4) is 0 Å². The molecule has 2 heterocycles. The van der Waals surface area contributed by atoms with Gasteiger partial charge in [-0.25, -0.2) is 0 Å². The number of hydrogen-bond donors (Lipinski definition) is 8. The molecule has 11 heteroatoms. The molecule has 8 N–H and O–H groups in total. The monoisotopic (exact) mass is 342 g/mol. The summed E-state index contributed by atoms with van der Waals surface area (Å²) in [5, 5.41) is 76.5. The zero-order chi connectivity index (χ0) is 17.4. The Bertz CT molecular complexity index is 393. The van der Waals surface area contributed by atoms with Gasteiger partial charge in [-0.1, -0.05) is 0 Å². The van der Waals surface area contributed by atoms with Crippen LogP contribution in [0.15, 0.2) is 0 Å². The van der Waals surface area contributed by atoms with Crippen LogP contribution in [0.25, 0.3) is 0 Å². The highest BCUT2D eigenvalue weighted by molar-refractivity contribution is 4.98. The lowest BCUT2D eigenvalue weighted by atomic mass is 9.99. The van der Waals surface area contributed by atoms with Gasteiger partial charge in [0.05, 0.1) is 19.8 Å². The molecule has 2 fully saturated rings. The maximum atomic E-state index is 10.00. The second kappa shape index (κ2) is 7.21. The highest BCUT2D eigenvalue weighted by Gasteiger charge is 2.56. The standard InChI is InChI=1S/C12H22O11/c13-1-4-6(16)7(17)8(18)11(21-4)22-9-5(2-14)23-12(20,3-15)10(9)19/h4-11,13-20H,1-3H2/t4-,5-,6+,7+,8-,9?,10+,11+,12+/m1/s1. The summed E-state index contributed by atoms with van der Waals surface area (Å²) in [6.07, 6.45) is -12.2. The highest BCUT2D eigenvalue weighted by atomic mass is 16.7. The van der Waals surface area contributed by atoms with Crippen LogP contribution < -0.4 is 0 Å². The summed E-state index contributed by atoms with van der Waals surface area (Å²) in [7, 11) is 0. The first-order chi connectivity index (χ1) is 10.8. The predicted octanol–water partition coefficient (Wildman–Crippen LogP) is -5.40. The van der Waals surface area contributed by atoms with E-state index in [4.69, 9.17) is 24.4 Å². The lowest BCUT2D eigenvalue weighted by molar-refractivity contribution is -0.318. The summed E-state index contributed by atoms with van der Waals surface area (Å²) < 4.78 is 15.3. The summed E-state index contributed by atoms with van der Waals surface area (Å²) in [5.41, 5.74) is 0. The molecule has 1 unspecified atom stereocenters. The molecule has 0 aromatic heterocycles. The number of ether oxygens (including phenoxy) is 3. The molecule has 2 rings (SSSR count). The minimum atomic E-state index is -2.37. The van der Waals surface area contributed by atoms with E-state index in [0.717, 1.165) is 0 Å². The van der Waals surface area contributed by atoms with Crippen molar-refractivity contribution in [2.45, 2.75) is 54.8 Å². The van der Waals surface area contributed by atoms with Crippen LogP contribution >= 0.6 is 0 Å². The normalized spacial score (nSPS) is 51.1. The molecule has 0 saturated carbocycles. The summed E-state index contributed by atoms with van der Waals surface area (Å²) in [6, 6.07) is 0. The first kappa shape index (κ1) is 18.9. The lowest BCUT2D eigenvalue weighted by Gasteiger charge is -2.41. The third-order valence-corrected chi connectivity index (χ3v) is 4.04. The number of rotatable bonds is 5. The van der Waals surface area contributed by atoms with Crippen molar-refractivity contribution in [3.05, 3.63) is 0 Å². The molecule has 0 radical (unpaired) electrons. The van der Waals surface area contributed by atoms with Gasteiger partial charge in [0.1, 0.15) is 42.7 Å². The summed E-state index contributed by atoms with van der Waals surface area (Å²) in [6.45, 7) is -2.32. The van der Waals surface area contributed by atoms with Crippen molar-refractivity contribution in [2.75, 3.05) is 19.8 Å². The molecule has 0 bridgehead atoms. The van der Waals surface area contributed by atoms with Gasteiger partial charge in [0.25, 0.3) is 0 Å². The van der Waals surface area contributed by atoms with Gasteiger partial charge < -0.3 is 55.1 Å². The molecule has 136 valence electrons. The van der Waals surface area contributed by atoms with Crippen LogP contribution in [0.3, 0.4) is 0 Å². The average Bonchev–Trinajstić information content (AvgIpc) is 2.80. The van der Waals surface area contributed by atoms with Crippen LogP contribution in [-0.2, 0) is 14.2 Å². The van der Waals surface area contributed by atoms with E-state index in [1.165, 1.54) is 0 Å². The van der Waals surface area contributed by atoms with E-state index in [1.54, 1.807) is 0 Å². The molecule has 0 aromatic rings. The minimum absolute atomic E-state index is 0.668. The molecule has 2 aliphatic rings. The number of aliphatic hydroxyl groups is 8. The zero-order valence-corrected chi connectivity index (χ0v) is 12.0. The highest BCUT2D eigenvalue weighted by Crippen LogP contribution is 2.33. The van der Waals surface area contributed by atoms with Crippen molar-refractivity contribution in [1.82, 2.24) is 0 Å². The SMILES string of the molecule is OC[C@H]1O[C@@](O)(CO)[C@@H](O)C1O[C@@H]1O[C@H](CO)[C@H](O)[C@H](O)[C@H]1O. The topological polar surface area (TPSA) is 190 Å². The Morgan fingerprint density at radius 3 is 2.00 bits per heavy atom. The Kier molecular flexibility index (Phi) is 5.92. The molecule has 0 amide bonds. The van der Waals surface area contributed by atoms with E-state index >= 15 is 0 Å². The van der Waals surface area contributed by atoms with E-state index in [-0.39, 0.29) is 0 Å². The van der Waals surface area contributed by atoms with Gasteiger partial charge >= 0.3 is 0 Å². The van der Waals surface area contributed by atoms with E-state index < -0.39 is 74.6 Å². The third kappa shape index (κ3) is 3.36. The maximum absolute atomic E-state index is 10.00. The molecule has 0 aliphatic carbocycles. The molecule has 2 aliphatic heterocycles. The first-order valence-electron chi connectivity index (χ1n) is 7.05. The molecule has 11 nitrogen and oxygen atoms in total. The molecule has 9 atom stereocenters. The zero-order valence-electron chi connectivity index (χ0n) is 12.0. The molecular formula is C12H22O11. The largest absolute Gasteiger partial charge is 0.394 e. The average molecular weight is 342 g/mol. The quantitative estimate of drug-likeness (QED) is 0.238. The second-order valence-electron chi connectivity index (χ2n) is 5.58. The van der Waals surface area contributed by atoms with Gasteiger partial charge in [0.15, 0.2) is 6.29 Å². The predicted molar refractivity (Wildman–Crippen MR) is 68.6 cm³/mol. The third-order valence-electron chi connectivity index (χ3n) is 4.04. The van der Waals surface area contributed by atoms with E-state index in [2.05, 4.69) is 0 Å². The Hall–Kier alpha value is -0.440. The first-order valence-corrected chi connectivity index (χ1v) is 7.05. The van der Waals surface area contributed by atoms with Crippen LogP contribution in [0.5, 0.6) is 0 Å². The van der Waals surface area contributed by atoms with Crippen LogP contribution in [0.4, 0.5) is 0 Å². The van der Waals surface area contributed by atoms with Crippen LogP contribution in [0.2, 0.25) is 0 Å².